The lowest BCUT2D eigenvalue weighted by Gasteiger charge is -2.27. The van der Waals surface area contributed by atoms with Gasteiger partial charge in [0.2, 0.25) is 5.75 Å². The number of aromatic nitrogens is 2. The number of ether oxygens (including phenoxy) is 1. The lowest BCUT2D eigenvalue weighted by atomic mass is 10.2. The minimum absolute atomic E-state index is 0.408. The first-order valence-corrected chi connectivity index (χ1v) is 8.39. The van der Waals surface area contributed by atoms with Crippen LogP contribution in [0.5, 0.6) is 5.75 Å². The summed E-state index contributed by atoms with van der Waals surface area (Å²) in [5.74, 6) is 3.47. The summed E-state index contributed by atoms with van der Waals surface area (Å²) in [6.45, 7) is 5.20. The predicted octanol–water partition coefficient (Wildman–Crippen LogP) is 2.88. The van der Waals surface area contributed by atoms with Gasteiger partial charge in [0.15, 0.2) is 11.6 Å². The molecular weight excluding hydrogens is 272 g/mol. The van der Waals surface area contributed by atoms with Crippen LogP contribution in [0.15, 0.2) is 6.33 Å². The van der Waals surface area contributed by atoms with E-state index in [2.05, 4.69) is 47.3 Å². The maximum Gasteiger partial charge on any atom is 0.204 e. The Kier molecular flexibility index (Phi) is 7.51. The largest absolute Gasteiger partial charge is 0.490 e. The van der Waals surface area contributed by atoms with Gasteiger partial charge in [0.05, 0.1) is 7.11 Å². The van der Waals surface area contributed by atoms with Gasteiger partial charge in [0.1, 0.15) is 6.33 Å². The van der Waals surface area contributed by atoms with E-state index in [1.807, 2.05) is 11.8 Å². The number of hydrogen-bond acceptors (Lipinski definition) is 6. The van der Waals surface area contributed by atoms with Gasteiger partial charge in [0, 0.05) is 19.6 Å². The minimum Gasteiger partial charge on any atom is -0.490 e. The summed E-state index contributed by atoms with van der Waals surface area (Å²) in [5.41, 5.74) is 0. The lowest BCUT2D eigenvalue weighted by Crippen LogP contribution is -2.30. The van der Waals surface area contributed by atoms with Crippen molar-refractivity contribution in [2.24, 2.45) is 0 Å². The average Bonchev–Trinajstić information content (AvgIpc) is 2.49. The van der Waals surface area contributed by atoms with Gasteiger partial charge in [-0.15, -0.1) is 0 Å². The molecule has 1 aromatic heterocycles. The van der Waals surface area contributed by atoms with E-state index in [-0.39, 0.29) is 0 Å². The van der Waals surface area contributed by atoms with Crippen molar-refractivity contribution in [3.63, 3.8) is 0 Å². The first-order chi connectivity index (χ1) is 9.65. The van der Waals surface area contributed by atoms with Crippen molar-refractivity contribution in [3.05, 3.63) is 6.33 Å². The Labute approximate surface area is 126 Å². The highest BCUT2D eigenvalue weighted by Gasteiger charge is 2.19. The molecule has 1 rings (SSSR count). The molecule has 0 spiro atoms. The summed E-state index contributed by atoms with van der Waals surface area (Å²) in [6, 6.07) is 0.408. The van der Waals surface area contributed by atoms with Crippen LogP contribution in [0.4, 0.5) is 11.6 Å². The van der Waals surface area contributed by atoms with Crippen LogP contribution in [0.1, 0.15) is 26.7 Å². The normalized spacial score (nSPS) is 12.1. The molecule has 0 saturated heterocycles. The van der Waals surface area contributed by atoms with Crippen LogP contribution in [0.25, 0.3) is 0 Å². The fraction of sp³-hybridized carbons (Fsp3) is 0.714. The van der Waals surface area contributed by atoms with Crippen molar-refractivity contribution >= 4 is 23.4 Å². The van der Waals surface area contributed by atoms with Gasteiger partial charge in [-0.1, -0.05) is 6.92 Å². The monoisotopic (exact) mass is 298 g/mol. The summed E-state index contributed by atoms with van der Waals surface area (Å²) in [4.78, 5) is 10.8. The SMILES string of the molecule is CCCNc1ncnc(N(C)C(C)CCSC)c1OC. The van der Waals surface area contributed by atoms with Gasteiger partial charge >= 0.3 is 0 Å². The number of hydrogen-bond donors (Lipinski definition) is 1. The highest BCUT2D eigenvalue weighted by molar-refractivity contribution is 7.98. The number of nitrogens with zero attached hydrogens (tertiary/aromatic N) is 3. The van der Waals surface area contributed by atoms with Crippen molar-refractivity contribution in [1.29, 1.82) is 0 Å². The summed E-state index contributed by atoms with van der Waals surface area (Å²) in [5, 5.41) is 3.28. The summed E-state index contributed by atoms with van der Waals surface area (Å²) in [7, 11) is 3.72. The second kappa shape index (κ2) is 8.89. The van der Waals surface area contributed by atoms with Gasteiger partial charge in [0.25, 0.3) is 0 Å². The van der Waals surface area contributed by atoms with E-state index in [1.165, 1.54) is 0 Å². The molecule has 1 heterocycles. The number of rotatable bonds is 9. The molecule has 20 heavy (non-hydrogen) atoms. The molecule has 0 bridgehead atoms. The third-order valence-electron chi connectivity index (χ3n) is 3.27. The number of methoxy groups -OCH3 is 1. The smallest absolute Gasteiger partial charge is 0.204 e. The molecular formula is C14H26N4OS. The van der Waals surface area contributed by atoms with Crippen LogP contribution >= 0.6 is 11.8 Å². The molecule has 0 aliphatic carbocycles. The van der Waals surface area contributed by atoms with Crippen molar-refractivity contribution in [2.75, 3.05) is 42.9 Å². The Bertz CT molecular complexity index is 403. The molecule has 1 atom stereocenters. The minimum atomic E-state index is 0.408. The van der Waals surface area contributed by atoms with Crippen LogP contribution in [0.3, 0.4) is 0 Å². The molecule has 0 fully saturated rings. The fourth-order valence-corrected chi connectivity index (χ4v) is 2.44. The van der Waals surface area contributed by atoms with E-state index in [1.54, 1.807) is 13.4 Å². The molecule has 6 heteroatoms. The van der Waals surface area contributed by atoms with E-state index < -0.39 is 0 Å². The second-order valence-corrected chi connectivity index (χ2v) is 5.73. The van der Waals surface area contributed by atoms with E-state index in [0.717, 1.165) is 42.5 Å². The summed E-state index contributed by atoms with van der Waals surface area (Å²) < 4.78 is 5.51. The first kappa shape index (κ1) is 16.9. The quantitative estimate of drug-likeness (QED) is 0.756. The standard InChI is InChI=1S/C14H26N4OS/c1-6-8-15-13-12(19-4)14(17-10-16-13)18(3)11(2)7-9-20-5/h10-11H,6-9H2,1-5H3,(H,15,16,17). The van der Waals surface area contributed by atoms with Gasteiger partial charge in [-0.05, 0) is 31.8 Å². The van der Waals surface area contributed by atoms with Crippen LogP contribution in [-0.4, -0.2) is 48.7 Å². The molecule has 1 N–H and O–H groups in total. The molecule has 0 aromatic carbocycles. The average molecular weight is 298 g/mol. The third kappa shape index (κ3) is 4.44. The Morgan fingerprint density at radius 2 is 2.20 bits per heavy atom. The van der Waals surface area contributed by atoms with Gasteiger partial charge in [-0.25, -0.2) is 9.97 Å². The second-order valence-electron chi connectivity index (χ2n) is 4.75. The highest BCUT2D eigenvalue weighted by atomic mass is 32.2. The molecule has 0 saturated carbocycles. The topological polar surface area (TPSA) is 50.3 Å². The highest BCUT2D eigenvalue weighted by Crippen LogP contribution is 2.32. The Balaban J connectivity index is 2.92. The maximum atomic E-state index is 5.51. The van der Waals surface area contributed by atoms with Gasteiger partial charge in [-0.2, -0.15) is 11.8 Å². The van der Waals surface area contributed by atoms with Crippen LogP contribution in [-0.2, 0) is 0 Å². The van der Waals surface area contributed by atoms with Crippen molar-refractivity contribution < 1.29 is 4.74 Å². The fourth-order valence-electron chi connectivity index (χ4n) is 1.86. The Morgan fingerprint density at radius 3 is 2.80 bits per heavy atom. The molecule has 0 radical (unpaired) electrons. The Morgan fingerprint density at radius 1 is 1.45 bits per heavy atom. The molecule has 1 aromatic rings. The molecule has 0 aliphatic rings. The molecule has 1 unspecified atom stereocenters. The van der Waals surface area contributed by atoms with Crippen molar-refractivity contribution in [2.45, 2.75) is 32.7 Å². The van der Waals surface area contributed by atoms with Gasteiger partial charge in [-0.3, -0.25) is 0 Å². The maximum absolute atomic E-state index is 5.51. The predicted molar refractivity (Wildman–Crippen MR) is 88.2 cm³/mol. The van der Waals surface area contributed by atoms with Crippen molar-refractivity contribution in [1.82, 2.24) is 9.97 Å². The van der Waals surface area contributed by atoms with E-state index in [9.17, 15) is 0 Å². The van der Waals surface area contributed by atoms with Crippen molar-refractivity contribution in [3.8, 4) is 5.75 Å². The molecule has 5 nitrogen and oxygen atoms in total. The zero-order valence-electron chi connectivity index (χ0n) is 13.1. The van der Waals surface area contributed by atoms with Gasteiger partial charge < -0.3 is 15.0 Å². The van der Waals surface area contributed by atoms with Crippen LogP contribution in [0, 0.1) is 0 Å². The van der Waals surface area contributed by atoms with E-state index in [4.69, 9.17) is 4.74 Å². The summed E-state index contributed by atoms with van der Waals surface area (Å²) in [6.07, 6.45) is 5.88. The zero-order chi connectivity index (χ0) is 15.0. The zero-order valence-corrected chi connectivity index (χ0v) is 14.0. The molecule has 114 valence electrons. The number of nitrogens with one attached hydrogen (secondary N) is 1. The third-order valence-corrected chi connectivity index (χ3v) is 3.91. The van der Waals surface area contributed by atoms with Crippen LogP contribution < -0.4 is 15.0 Å². The lowest BCUT2D eigenvalue weighted by molar-refractivity contribution is 0.411. The summed E-state index contributed by atoms with van der Waals surface area (Å²) >= 11 is 1.86. The molecule has 0 amide bonds. The number of thioether (sulfide) groups is 1. The molecule has 0 aliphatic heterocycles. The first-order valence-electron chi connectivity index (χ1n) is 7.00. The Hall–Kier alpha value is -1.17. The van der Waals surface area contributed by atoms with E-state index in [0.29, 0.717) is 6.04 Å². The number of anilines is 2. The van der Waals surface area contributed by atoms with Crippen LogP contribution in [0.2, 0.25) is 0 Å². The van der Waals surface area contributed by atoms with E-state index >= 15 is 0 Å².